The van der Waals surface area contributed by atoms with E-state index in [4.69, 9.17) is 13.9 Å². The first-order valence-corrected chi connectivity index (χ1v) is 9.55. The van der Waals surface area contributed by atoms with E-state index < -0.39 is 0 Å². The molecule has 0 spiro atoms. The number of ether oxygens (including phenoxy) is 2. The van der Waals surface area contributed by atoms with Crippen LogP contribution in [0.4, 0.5) is 0 Å². The van der Waals surface area contributed by atoms with Crippen LogP contribution in [0.3, 0.4) is 0 Å². The van der Waals surface area contributed by atoms with Crippen molar-refractivity contribution in [3.8, 4) is 5.75 Å². The third kappa shape index (κ3) is 8.64. The smallest absolute Gasteiger partial charge is 0.191 e. The molecule has 1 aromatic heterocycles. The summed E-state index contributed by atoms with van der Waals surface area (Å²) in [5.74, 6) is 2.53. The SMILES string of the molecule is CCNC(=NCc1cccc(OC(C)C)c1)NCCCOCc1ccco1. The lowest BCUT2D eigenvalue weighted by Gasteiger charge is -2.12. The van der Waals surface area contributed by atoms with Crippen LogP contribution in [0.5, 0.6) is 5.75 Å². The Morgan fingerprint density at radius 3 is 2.81 bits per heavy atom. The molecule has 0 aliphatic heterocycles. The molecule has 1 aromatic carbocycles. The van der Waals surface area contributed by atoms with E-state index in [1.54, 1.807) is 6.26 Å². The van der Waals surface area contributed by atoms with E-state index in [1.165, 1.54) is 0 Å². The number of hydrogen-bond donors (Lipinski definition) is 2. The van der Waals surface area contributed by atoms with Crippen molar-refractivity contribution in [2.45, 2.75) is 46.4 Å². The highest BCUT2D eigenvalue weighted by atomic mass is 16.5. The Kier molecular flexibility index (Phi) is 9.27. The zero-order chi connectivity index (χ0) is 19.3. The fourth-order valence-corrected chi connectivity index (χ4v) is 2.45. The van der Waals surface area contributed by atoms with Gasteiger partial charge in [-0.25, -0.2) is 4.99 Å². The summed E-state index contributed by atoms with van der Waals surface area (Å²) in [5.41, 5.74) is 1.12. The molecule has 0 atom stereocenters. The lowest BCUT2D eigenvalue weighted by atomic mass is 10.2. The standard InChI is InChI=1S/C21H31N3O3/c1-4-22-21(23-11-7-12-25-16-20-10-6-13-26-20)24-15-18-8-5-9-19(14-18)27-17(2)3/h5-6,8-10,13-14,17H,4,7,11-12,15-16H2,1-3H3,(H2,22,23,24). The summed E-state index contributed by atoms with van der Waals surface area (Å²) in [5, 5.41) is 6.60. The van der Waals surface area contributed by atoms with Crippen LogP contribution < -0.4 is 15.4 Å². The van der Waals surface area contributed by atoms with Gasteiger partial charge < -0.3 is 24.5 Å². The second-order valence-corrected chi connectivity index (χ2v) is 6.42. The van der Waals surface area contributed by atoms with Crippen LogP contribution in [-0.2, 0) is 17.9 Å². The summed E-state index contributed by atoms with van der Waals surface area (Å²) < 4.78 is 16.6. The maximum Gasteiger partial charge on any atom is 0.191 e. The molecule has 6 heteroatoms. The van der Waals surface area contributed by atoms with Crippen molar-refractivity contribution in [1.82, 2.24) is 10.6 Å². The fraction of sp³-hybridized carbons (Fsp3) is 0.476. The van der Waals surface area contributed by atoms with Crippen molar-refractivity contribution in [3.05, 3.63) is 54.0 Å². The van der Waals surface area contributed by atoms with E-state index in [0.29, 0.717) is 19.8 Å². The number of benzene rings is 1. The van der Waals surface area contributed by atoms with E-state index >= 15 is 0 Å². The number of furan rings is 1. The predicted molar refractivity (Wildman–Crippen MR) is 108 cm³/mol. The number of hydrogen-bond acceptors (Lipinski definition) is 4. The Balaban J connectivity index is 1.73. The average Bonchev–Trinajstić information content (AvgIpc) is 3.15. The molecular formula is C21H31N3O3. The molecule has 0 saturated heterocycles. The molecule has 1 heterocycles. The molecule has 0 fully saturated rings. The molecule has 27 heavy (non-hydrogen) atoms. The second-order valence-electron chi connectivity index (χ2n) is 6.42. The van der Waals surface area contributed by atoms with Crippen LogP contribution in [0.1, 0.15) is 38.5 Å². The monoisotopic (exact) mass is 373 g/mol. The van der Waals surface area contributed by atoms with Crippen molar-refractivity contribution < 1.29 is 13.9 Å². The van der Waals surface area contributed by atoms with E-state index in [2.05, 4.69) is 28.6 Å². The maximum absolute atomic E-state index is 5.74. The molecule has 2 aromatic rings. The second kappa shape index (κ2) is 12.0. The predicted octanol–water partition coefficient (Wildman–Crippen LogP) is 3.73. The van der Waals surface area contributed by atoms with Gasteiger partial charge in [0.1, 0.15) is 18.1 Å². The molecule has 2 rings (SSSR count). The third-order valence-electron chi connectivity index (χ3n) is 3.62. The van der Waals surface area contributed by atoms with Crippen LogP contribution in [0.15, 0.2) is 52.1 Å². The molecule has 0 amide bonds. The van der Waals surface area contributed by atoms with Gasteiger partial charge in [0.2, 0.25) is 0 Å². The molecule has 0 aliphatic carbocycles. The van der Waals surface area contributed by atoms with E-state index in [0.717, 1.165) is 42.5 Å². The summed E-state index contributed by atoms with van der Waals surface area (Å²) in [6.45, 7) is 9.49. The number of guanidine groups is 1. The van der Waals surface area contributed by atoms with Crippen LogP contribution in [0, 0.1) is 0 Å². The average molecular weight is 373 g/mol. The Morgan fingerprint density at radius 2 is 2.07 bits per heavy atom. The van der Waals surface area contributed by atoms with Crippen LogP contribution in [0.25, 0.3) is 0 Å². The Bertz CT molecular complexity index is 669. The molecular weight excluding hydrogens is 342 g/mol. The molecule has 6 nitrogen and oxygen atoms in total. The van der Waals surface area contributed by atoms with E-state index in [-0.39, 0.29) is 6.10 Å². The third-order valence-corrected chi connectivity index (χ3v) is 3.62. The molecule has 2 N–H and O–H groups in total. The van der Waals surface area contributed by atoms with Gasteiger partial charge in [-0.3, -0.25) is 0 Å². The van der Waals surface area contributed by atoms with Gasteiger partial charge in [-0.05, 0) is 57.0 Å². The summed E-state index contributed by atoms with van der Waals surface area (Å²) >= 11 is 0. The van der Waals surface area contributed by atoms with Crippen molar-refractivity contribution in [1.29, 1.82) is 0 Å². The highest BCUT2D eigenvalue weighted by Gasteiger charge is 2.01. The van der Waals surface area contributed by atoms with E-state index in [9.17, 15) is 0 Å². The molecule has 0 bridgehead atoms. The molecule has 148 valence electrons. The van der Waals surface area contributed by atoms with Gasteiger partial charge in [0.25, 0.3) is 0 Å². The van der Waals surface area contributed by atoms with Gasteiger partial charge in [0, 0.05) is 19.7 Å². The Labute approximate surface area is 162 Å². The number of nitrogens with one attached hydrogen (secondary N) is 2. The van der Waals surface area contributed by atoms with Crippen molar-refractivity contribution in [2.75, 3.05) is 19.7 Å². The molecule has 0 unspecified atom stereocenters. The summed E-state index contributed by atoms with van der Waals surface area (Å²) in [4.78, 5) is 4.65. The first-order valence-electron chi connectivity index (χ1n) is 9.55. The first kappa shape index (κ1) is 20.8. The zero-order valence-electron chi connectivity index (χ0n) is 16.5. The molecule has 0 aliphatic rings. The van der Waals surface area contributed by atoms with Gasteiger partial charge in [-0.15, -0.1) is 0 Å². The summed E-state index contributed by atoms with van der Waals surface area (Å²) in [7, 11) is 0. The van der Waals surface area contributed by atoms with Crippen molar-refractivity contribution >= 4 is 5.96 Å². The normalized spacial score (nSPS) is 11.6. The van der Waals surface area contributed by atoms with Crippen molar-refractivity contribution in [2.24, 2.45) is 4.99 Å². The fourth-order valence-electron chi connectivity index (χ4n) is 2.45. The van der Waals surface area contributed by atoms with E-state index in [1.807, 2.05) is 44.2 Å². The number of rotatable bonds is 11. The van der Waals surface area contributed by atoms with Crippen LogP contribution in [-0.4, -0.2) is 31.8 Å². The minimum absolute atomic E-state index is 0.165. The molecule has 0 radical (unpaired) electrons. The van der Waals surface area contributed by atoms with Crippen LogP contribution >= 0.6 is 0 Å². The van der Waals surface area contributed by atoms with Crippen molar-refractivity contribution in [3.63, 3.8) is 0 Å². The quantitative estimate of drug-likeness (QED) is 0.357. The Hall–Kier alpha value is -2.47. The topological polar surface area (TPSA) is 68.0 Å². The zero-order valence-corrected chi connectivity index (χ0v) is 16.5. The first-order chi connectivity index (χ1) is 13.2. The number of aliphatic imine (C=N–C) groups is 1. The Morgan fingerprint density at radius 1 is 1.19 bits per heavy atom. The van der Waals surface area contributed by atoms with Gasteiger partial charge >= 0.3 is 0 Å². The lowest BCUT2D eigenvalue weighted by molar-refractivity contribution is 0.105. The highest BCUT2D eigenvalue weighted by Crippen LogP contribution is 2.15. The lowest BCUT2D eigenvalue weighted by Crippen LogP contribution is -2.38. The molecule has 0 saturated carbocycles. The van der Waals surface area contributed by atoms with Gasteiger partial charge in [0.15, 0.2) is 5.96 Å². The highest BCUT2D eigenvalue weighted by molar-refractivity contribution is 5.79. The minimum atomic E-state index is 0.165. The number of nitrogens with zero attached hydrogens (tertiary/aromatic N) is 1. The van der Waals surface area contributed by atoms with Gasteiger partial charge in [-0.1, -0.05) is 12.1 Å². The van der Waals surface area contributed by atoms with Gasteiger partial charge in [-0.2, -0.15) is 0 Å². The summed E-state index contributed by atoms with van der Waals surface area (Å²) in [6, 6.07) is 11.8. The summed E-state index contributed by atoms with van der Waals surface area (Å²) in [6.07, 6.45) is 2.71. The van der Waals surface area contributed by atoms with Crippen LogP contribution in [0.2, 0.25) is 0 Å². The largest absolute Gasteiger partial charge is 0.491 e. The van der Waals surface area contributed by atoms with Gasteiger partial charge in [0.05, 0.1) is 18.9 Å². The minimum Gasteiger partial charge on any atom is -0.491 e. The maximum atomic E-state index is 5.74.